The zero-order chi connectivity index (χ0) is 8.27. The van der Waals surface area contributed by atoms with Crippen molar-refractivity contribution in [1.29, 1.82) is 0 Å². The van der Waals surface area contributed by atoms with Crippen LogP contribution in [0.25, 0.3) is 0 Å². The molecule has 1 aromatic rings. The Morgan fingerprint density at radius 1 is 1.64 bits per heavy atom. The number of hydrogen-bond donors (Lipinski definition) is 1. The number of ether oxygens (including phenoxy) is 1. The lowest BCUT2D eigenvalue weighted by Crippen LogP contribution is -2.04. The van der Waals surface area contributed by atoms with E-state index in [-0.39, 0.29) is 11.7 Å². The van der Waals surface area contributed by atoms with Gasteiger partial charge in [-0.15, -0.1) is 5.10 Å². The van der Waals surface area contributed by atoms with Gasteiger partial charge in [-0.3, -0.25) is 0 Å². The smallest absolute Gasteiger partial charge is 0.358 e. The van der Waals surface area contributed by atoms with Crippen molar-refractivity contribution in [1.82, 2.24) is 15.2 Å². The molecule has 0 amide bonds. The molecule has 0 aliphatic heterocycles. The summed E-state index contributed by atoms with van der Waals surface area (Å²) in [5.74, 6) is -1.16. The highest BCUT2D eigenvalue weighted by molar-refractivity contribution is 5.84. The van der Waals surface area contributed by atoms with E-state index < -0.39 is 5.97 Å². The van der Waals surface area contributed by atoms with Crippen LogP contribution >= 0.6 is 0 Å². The van der Waals surface area contributed by atoms with E-state index >= 15 is 0 Å². The Labute approximate surface area is 61.9 Å². The van der Waals surface area contributed by atoms with E-state index in [0.717, 1.165) is 6.20 Å². The third-order valence-electron chi connectivity index (χ3n) is 0.942. The van der Waals surface area contributed by atoms with E-state index in [2.05, 4.69) is 19.9 Å². The van der Waals surface area contributed by atoms with Crippen molar-refractivity contribution in [3.8, 4) is 6.01 Å². The standard InChI is InChI=1S/C5H5N3O3/c1-11-5-6-2-3(4(9)10)7-8-5/h2H,1H3,(H,9,10). The topological polar surface area (TPSA) is 85.2 Å². The molecule has 0 saturated heterocycles. The summed E-state index contributed by atoms with van der Waals surface area (Å²) in [5, 5.41) is 15.0. The number of methoxy groups -OCH3 is 1. The molecule has 0 saturated carbocycles. The van der Waals surface area contributed by atoms with Crippen LogP contribution in [0, 0.1) is 0 Å². The number of carboxylic acids is 1. The van der Waals surface area contributed by atoms with Crippen molar-refractivity contribution in [2.24, 2.45) is 0 Å². The van der Waals surface area contributed by atoms with Crippen LogP contribution in [0.3, 0.4) is 0 Å². The summed E-state index contributed by atoms with van der Waals surface area (Å²) in [4.78, 5) is 13.8. The van der Waals surface area contributed by atoms with Crippen LogP contribution in [0.5, 0.6) is 6.01 Å². The van der Waals surface area contributed by atoms with Gasteiger partial charge in [-0.1, -0.05) is 5.10 Å². The molecular weight excluding hydrogens is 150 g/mol. The molecule has 1 heterocycles. The van der Waals surface area contributed by atoms with Gasteiger partial charge >= 0.3 is 12.0 Å². The molecule has 1 aromatic heterocycles. The summed E-state index contributed by atoms with van der Waals surface area (Å²) in [6.45, 7) is 0. The summed E-state index contributed by atoms with van der Waals surface area (Å²) in [5.41, 5.74) is -0.203. The third-order valence-corrected chi connectivity index (χ3v) is 0.942. The second-order valence-electron chi connectivity index (χ2n) is 1.64. The van der Waals surface area contributed by atoms with Gasteiger partial charge in [0.05, 0.1) is 13.3 Å². The van der Waals surface area contributed by atoms with Crippen molar-refractivity contribution < 1.29 is 14.6 Å². The van der Waals surface area contributed by atoms with Gasteiger partial charge in [-0.2, -0.15) is 4.98 Å². The molecule has 0 aliphatic rings. The molecule has 11 heavy (non-hydrogen) atoms. The van der Waals surface area contributed by atoms with Crippen LogP contribution in [-0.2, 0) is 0 Å². The quantitative estimate of drug-likeness (QED) is 0.624. The van der Waals surface area contributed by atoms with Crippen molar-refractivity contribution in [2.75, 3.05) is 7.11 Å². The lowest BCUT2D eigenvalue weighted by Gasteiger charge is -1.94. The molecule has 0 aliphatic carbocycles. The molecular formula is C5H5N3O3. The first kappa shape index (κ1) is 7.39. The maximum atomic E-state index is 10.2. The summed E-state index contributed by atoms with van der Waals surface area (Å²) in [6, 6.07) is 0.0509. The SMILES string of the molecule is COc1ncc(C(=O)O)nn1. The predicted octanol–water partition coefficient (Wildman–Crippen LogP) is -0.422. The highest BCUT2D eigenvalue weighted by Gasteiger charge is 2.05. The largest absolute Gasteiger partial charge is 0.476 e. The second-order valence-corrected chi connectivity index (χ2v) is 1.64. The highest BCUT2D eigenvalue weighted by atomic mass is 16.5. The second kappa shape index (κ2) is 2.91. The average Bonchev–Trinajstić information content (AvgIpc) is 2.05. The molecule has 0 unspecified atom stereocenters. The first-order valence-corrected chi connectivity index (χ1v) is 2.71. The molecule has 0 spiro atoms. The number of aromatic nitrogens is 3. The molecule has 1 rings (SSSR count). The van der Waals surface area contributed by atoms with Gasteiger partial charge in [-0.25, -0.2) is 4.79 Å². The Hall–Kier alpha value is -1.72. The molecule has 1 N–H and O–H groups in total. The fourth-order valence-corrected chi connectivity index (χ4v) is 0.456. The molecule has 0 radical (unpaired) electrons. The third kappa shape index (κ3) is 1.60. The number of rotatable bonds is 2. The Balaban J connectivity index is 2.91. The van der Waals surface area contributed by atoms with E-state index in [0.29, 0.717) is 0 Å². The van der Waals surface area contributed by atoms with Crippen molar-refractivity contribution in [3.63, 3.8) is 0 Å². The van der Waals surface area contributed by atoms with Crippen molar-refractivity contribution in [2.45, 2.75) is 0 Å². The van der Waals surface area contributed by atoms with Crippen LogP contribution < -0.4 is 4.74 Å². The zero-order valence-corrected chi connectivity index (χ0v) is 5.68. The summed E-state index contributed by atoms with van der Waals surface area (Å²) in [7, 11) is 1.37. The van der Waals surface area contributed by atoms with Crippen molar-refractivity contribution in [3.05, 3.63) is 11.9 Å². The Bertz CT molecular complexity index is 258. The van der Waals surface area contributed by atoms with E-state index in [4.69, 9.17) is 5.11 Å². The number of carbonyl (C=O) groups is 1. The Kier molecular flexibility index (Phi) is 1.95. The summed E-state index contributed by atoms with van der Waals surface area (Å²) in [6.07, 6.45) is 1.08. The van der Waals surface area contributed by atoms with E-state index in [1.54, 1.807) is 0 Å². The lowest BCUT2D eigenvalue weighted by molar-refractivity contribution is 0.0688. The fraction of sp³-hybridized carbons (Fsp3) is 0.200. The average molecular weight is 155 g/mol. The monoisotopic (exact) mass is 155 g/mol. The van der Waals surface area contributed by atoms with Crippen molar-refractivity contribution >= 4 is 5.97 Å². The summed E-state index contributed by atoms with van der Waals surface area (Å²) >= 11 is 0. The fourth-order valence-electron chi connectivity index (χ4n) is 0.456. The number of aromatic carboxylic acids is 1. The van der Waals surface area contributed by atoms with Gasteiger partial charge in [0, 0.05) is 0 Å². The lowest BCUT2D eigenvalue weighted by atomic mass is 10.5. The molecule has 58 valence electrons. The van der Waals surface area contributed by atoms with Gasteiger partial charge in [0.2, 0.25) is 0 Å². The molecule has 6 nitrogen and oxygen atoms in total. The van der Waals surface area contributed by atoms with Crippen LogP contribution in [0.4, 0.5) is 0 Å². The number of hydrogen-bond acceptors (Lipinski definition) is 5. The molecule has 0 aromatic carbocycles. The zero-order valence-electron chi connectivity index (χ0n) is 5.68. The normalized spacial score (nSPS) is 9.18. The minimum atomic E-state index is -1.16. The van der Waals surface area contributed by atoms with Crippen LogP contribution in [0.15, 0.2) is 6.20 Å². The molecule has 0 fully saturated rings. The maximum Gasteiger partial charge on any atom is 0.358 e. The maximum absolute atomic E-state index is 10.2. The predicted molar refractivity (Wildman–Crippen MR) is 33.3 cm³/mol. The molecule has 6 heteroatoms. The minimum Gasteiger partial charge on any atom is -0.476 e. The Morgan fingerprint density at radius 3 is 2.73 bits per heavy atom. The van der Waals surface area contributed by atoms with Gasteiger partial charge in [0.25, 0.3) is 0 Å². The van der Waals surface area contributed by atoms with E-state index in [1.165, 1.54) is 7.11 Å². The van der Waals surface area contributed by atoms with Gasteiger partial charge in [0.15, 0.2) is 5.69 Å². The van der Waals surface area contributed by atoms with Gasteiger partial charge in [-0.05, 0) is 0 Å². The number of nitrogens with zero attached hydrogens (tertiary/aromatic N) is 3. The molecule has 0 bridgehead atoms. The summed E-state index contributed by atoms with van der Waals surface area (Å²) < 4.78 is 4.57. The minimum absolute atomic E-state index is 0.0509. The van der Waals surface area contributed by atoms with Gasteiger partial charge in [0.1, 0.15) is 0 Å². The van der Waals surface area contributed by atoms with Crippen LogP contribution in [0.2, 0.25) is 0 Å². The first-order chi connectivity index (χ1) is 5.24. The van der Waals surface area contributed by atoms with E-state index in [1.807, 2.05) is 0 Å². The Morgan fingerprint density at radius 2 is 2.36 bits per heavy atom. The highest BCUT2D eigenvalue weighted by Crippen LogP contribution is 1.96. The number of carboxylic acid groups (broad SMARTS) is 1. The first-order valence-electron chi connectivity index (χ1n) is 2.71. The van der Waals surface area contributed by atoms with E-state index in [9.17, 15) is 4.79 Å². The van der Waals surface area contributed by atoms with Crippen LogP contribution in [-0.4, -0.2) is 33.4 Å². The van der Waals surface area contributed by atoms with Crippen LogP contribution in [0.1, 0.15) is 10.5 Å². The van der Waals surface area contributed by atoms with Gasteiger partial charge < -0.3 is 9.84 Å². The molecule has 0 atom stereocenters.